The zero-order chi connectivity index (χ0) is 13.5. The Balaban J connectivity index is 1.68. The highest BCUT2D eigenvalue weighted by molar-refractivity contribution is 7.16. The van der Waals surface area contributed by atoms with E-state index in [1.54, 1.807) is 11.3 Å². The second-order valence-electron chi connectivity index (χ2n) is 5.72. The third-order valence-corrected chi connectivity index (χ3v) is 5.50. The van der Waals surface area contributed by atoms with E-state index >= 15 is 0 Å². The molecular formula is C15H17N3OS. The van der Waals surface area contributed by atoms with Crippen LogP contribution in [-0.4, -0.2) is 42.0 Å². The molecule has 2 aromatic rings. The van der Waals surface area contributed by atoms with E-state index in [1.165, 1.54) is 25.9 Å². The summed E-state index contributed by atoms with van der Waals surface area (Å²) in [5.74, 6) is 0.655. The highest BCUT2D eigenvalue weighted by Gasteiger charge is 2.37. The molecule has 4 heterocycles. The monoisotopic (exact) mass is 287 g/mol. The lowest BCUT2D eigenvalue weighted by molar-refractivity contribution is -0.108. The average Bonchev–Trinajstić information content (AvgIpc) is 2.97. The number of carbonyl (C=O) groups excluding carboxylic acids is 1. The van der Waals surface area contributed by atoms with Gasteiger partial charge in [-0.15, -0.1) is 11.3 Å². The fourth-order valence-corrected chi connectivity index (χ4v) is 4.29. The predicted molar refractivity (Wildman–Crippen MR) is 81.1 cm³/mol. The van der Waals surface area contributed by atoms with Crippen LogP contribution < -0.4 is 4.90 Å². The summed E-state index contributed by atoms with van der Waals surface area (Å²) in [5.41, 5.74) is 3.88. The number of carbonyl (C=O) groups is 1. The zero-order valence-corrected chi connectivity index (χ0v) is 12.1. The van der Waals surface area contributed by atoms with Crippen LogP contribution in [0.25, 0.3) is 10.2 Å². The fraction of sp³-hybridized carbons (Fsp3) is 0.467. The van der Waals surface area contributed by atoms with Crippen molar-refractivity contribution in [1.29, 1.82) is 0 Å². The summed E-state index contributed by atoms with van der Waals surface area (Å²) in [5, 5.41) is 0. The molecule has 104 valence electrons. The van der Waals surface area contributed by atoms with Gasteiger partial charge in [0.2, 0.25) is 6.41 Å². The van der Waals surface area contributed by atoms with Crippen LogP contribution in [-0.2, 0) is 4.79 Å². The fourth-order valence-electron chi connectivity index (χ4n) is 3.58. The van der Waals surface area contributed by atoms with E-state index in [9.17, 15) is 4.79 Å². The summed E-state index contributed by atoms with van der Waals surface area (Å²) in [7, 11) is 0. The number of benzene rings is 1. The molecule has 1 amide bonds. The molecule has 1 aromatic heterocycles. The first-order valence-corrected chi connectivity index (χ1v) is 8.02. The number of rotatable bonds is 3. The maximum Gasteiger partial charge on any atom is 0.214 e. The Kier molecular flexibility index (Phi) is 2.97. The average molecular weight is 287 g/mol. The Morgan fingerprint density at radius 2 is 2.20 bits per heavy atom. The van der Waals surface area contributed by atoms with Crippen LogP contribution in [0.1, 0.15) is 12.8 Å². The van der Waals surface area contributed by atoms with Gasteiger partial charge in [-0.1, -0.05) is 0 Å². The minimum atomic E-state index is 0.334. The van der Waals surface area contributed by atoms with Gasteiger partial charge in [0.25, 0.3) is 0 Å². The molecule has 1 unspecified atom stereocenters. The first kappa shape index (κ1) is 12.3. The standard InChI is InChI=1S/C15H17N3OS/c19-10-18(14-8-17-5-3-11(14)4-6-17)12-1-2-13-15(7-12)20-9-16-13/h1-2,7,9-11,14H,3-6,8H2. The second-order valence-corrected chi connectivity index (χ2v) is 6.61. The first-order chi connectivity index (χ1) is 9.85. The molecule has 5 heteroatoms. The lowest BCUT2D eigenvalue weighted by Gasteiger charge is -2.48. The molecule has 3 aliphatic heterocycles. The minimum absolute atomic E-state index is 0.334. The second kappa shape index (κ2) is 4.82. The van der Waals surface area contributed by atoms with E-state index in [2.05, 4.69) is 16.0 Å². The number of thiazole rings is 1. The van der Waals surface area contributed by atoms with Crippen LogP contribution in [0.5, 0.6) is 0 Å². The van der Waals surface area contributed by atoms with Crippen molar-refractivity contribution in [3.05, 3.63) is 23.7 Å². The van der Waals surface area contributed by atoms with Crippen LogP contribution in [0, 0.1) is 5.92 Å². The quantitative estimate of drug-likeness (QED) is 0.813. The lowest BCUT2D eigenvalue weighted by atomic mass is 9.83. The van der Waals surface area contributed by atoms with Crippen LogP contribution in [0.4, 0.5) is 5.69 Å². The van der Waals surface area contributed by atoms with Crippen molar-refractivity contribution in [2.45, 2.75) is 18.9 Å². The van der Waals surface area contributed by atoms with Crippen molar-refractivity contribution >= 4 is 33.7 Å². The third kappa shape index (κ3) is 1.93. The Labute approximate surface area is 122 Å². The third-order valence-electron chi connectivity index (χ3n) is 4.71. The molecule has 3 saturated heterocycles. The van der Waals surface area contributed by atoms with Crippen molar-refractivity contribution in [3.63, 3.8) is 0 Å². The predicted octanol–water partition coefficient (Wildman–Crippen LogP) is 2.35. The van der Waals surface area contributed by atoms with Crippen molar-refractivity contribution in [2.24, 2.45) is 5.92 Å². The van der Waals surface area contributed by atoms with Gasteiger partial charge in [0, 0.05) is 12.2 Å². The molecule has 2 bridgehead atoms. The van der Waals surface area contributed by atoms with E-state index in [-0.39, 0.29) is 0 Å². The number of amides is 1. The van der Waals surface area contributed by atoms with Crippen LogP contribution in [0.15, 0.2) is 23.7 Å². The number of aromatic nitrogens is 1. The lowest BCUT2D eigenvalue weighted by Crippen LogP contribution is -2.57. The molecule has 0 spiro atoms. The minimum Gasteiger partial charge on any atom is -0.310 e. The SMILES string of the molecule is O=CN(c1ccc2ncsc2c1)C1CN2CCC1CC2. The highest BCUT2D eigenvalue weighted by atomic mass is 32.1. The molecule has 1 aromatic carbocycles. The molecule has 0 saturated carbocycles. The molecule has 0 radical (unpaired) electrons. The largest absolute Gasteiger partial charge is 0.310 e. The summed E-state index contributed by atoms with van der Waals surface area (Å²) in [4.78, 5) is 20.4. The summed E-state index contributed by atoms with van der Waals surface area (Å²) in [6.07, 6.45) is 3.45. The van der Waals surface area contributed by atoms with Crippen LogP contribution >= 0.6 is 11.3 Å². The van der Waals surface area contributed by atoms with Crippen LogP contribution in [0.3, 0.4) is 0 Å². The van der Waals surface area contributed by atoms with Gasteiger partial charge in [-0.05, 0) is 50.0 Å². The van der Waals surface area contributed by atoms with E-state index in [4.69, 9.17) is 0 Å². The highest BCUT2D eigenvalue weighted by Crippen LogP contribution is 2.34. The van der Waals surface area contributed by atoms with Crippen LogP contribution in [0.2, 0.25) is 0 Å². The van der Waals surface area contributed by atoms with Gasteiger partial charge in [-0.2, -0.15) is 0 Å². The van der Waals surface area contributed by atoms with Crippen molar-refractivity contribution < 1.29 is 4.79 Å². The van der Waals surface area contributed by atoms with Gasteiger partial charge in [0.1, 0.15) is 0 Å². The zero-order valence-electron chi connectivity index (χ0n) is 11.2. The molecule has 3 aliphatic rings. The Hall–Kier alpha value is -1.46. The van der Waals surface area contributed by atoms with Crippen molar-refractivity contribution in [2.75, 3.05) is 24.5 Å². The summed E-state index contributed by atoms with van der Waals surface area (Å²) >= 11 is 1.63. The Morgan fingerprint density at radius 3 is 2.90 bits per heavy atom. The molecular weight excluding hydrogens is 270 g/mol. The number of nitrogens with zero attached hydrogens (tertiary/aromatic N) is 3. The van der Waals surface area contributed by atoms with Gasteiger partial charge in [0.05, 0.1) is 21.8 Å². The molecule has 4 nitrogen and oxygen atoms in total. The maximum atomic E-state index is 11.7. The molecule has 1 atom stereocenters. The van der Waals surface area contributed by atoms with Gasteiger partial charge in [0.15, 0.2) is 0 Å². The van der Waals surface area contributed by atoms with E-state index in [0.29, 0.717) is 12.0 Å². The summed E-state index contributed by atoms with van der Waals surface area (Å²) in [6.45, 7) is 3.41. The van der Waals surface area contributed by atoms with Gasteiger partial charge >= 0.3 is 0 Å². The Morgan fingerprint density at radius 1 is 1.35 bits per heavy atom. The molecule has 0 N–H and O–H groups in total. The molecule has 20 heavy (non-hydrogen) atoms. The normalized spacial score (nSPS) is 28.7. The van der Waals surface area contributed by atoms with Crippen molar-refractivity contribution in [3.8, 4) is 0 Å². The molecule has 0 aliphatic carbocycles. The number of fused-ring (bicyclic) bond motifs is 4. The number of anilines is 1. The van der Waals surface area contributed by atoms with Gasteiger partial charge < -0.3 is 9.80 Å². The van der Waals surface area contributed by atoms with E-state index in [0.717, 1.165) is 28.9 Å². The van der Waals surface area contributed by atoms with E-state index < -0.39 is 0 Å². The van der Waals surface area contributed by atoms with Crippen molar-refractivity contribution in [1.82, 2.24) is 9.88 Å². The smallest absolute Gasteiger partial charge is 0.214 e. The molecule has 5 rings (SSSR count). The first-order valence-electron chi connectivity index (χ1n) is 7.14. The molecule has 3 fully saturated rings. The van der Waals surface area contributed by atoms with Gasteiger partial charge in [-0.3, -0.25) is 4.79 Å². The van der Waals surface area contributed by atoms with E-state index in [1.807, 2.05) is 22.5 Å². The number of piperidine rings is 3. The Bertz CT molecular complexity index is 633. The van der Waals surface area contributed by atoms with Gasteiger partial charge in [-0.25, -0.2) is 4.98 Å². The summed E-state index contributed by atoms with van der Waals surface area (Å²) in [6, 6.07) is 6.46. The number of hydrogen-bond donors (Lipinski definition) is 0. The number of hydrogen-bond acceptors (Lipinski definition) is 4. The topological polar surface area (TPSA) is 36.4 Å². The maximum absolute atomic E-state index is 11.7. The summed E-state index contributed by atoms with van der Waals surface area (Å²) < 4.78 is 1.15.